The molecule has 1 amide bonds. The first-order valence-electron chi connectivity index (χ1n) is 10.2. The number of aryl methyl sites for hydroxylation is 1. The zero-order valence-corrected chi connectivity index (χ0v) is 16.9. The van der Waals surface area contributed by atoms with E-state index in [1.807, 2.05) is 26.0 Å². The molecule has 0 aliphatic carbocycles. The van der Waals surface area contributed by atoms with E-state index in [0.29, 0.717) is 18.3 Å². The van der Waals surface area contributed by atoms with Crippen LogP contribution in [0.1, 0.15) is 58.9 Å². The maximum atomic E-state index is 12.3. The van der Waals surface area contributed by atoms with Gasteiger partial charge < -0.3 is 15.4 Å². The lowest BCUT2D eigenvalue weighted by Crippen LogP contribution is -2.37. The van der Waals surface area contributed by atoms with Crippen molar-refractivity contribution in [3.8, 4) is 5.75 Å². The van der Waals surface area contributed by atoms with Gasteiger partial charge in [-0.2, -0.15) is 0 Å². The van der Waals surface area contributed by atoms with E-state index in [1.54, 1.807) is 0 Å². The summed E-state index contributed by atoms with van der Waals surface area (Å²) in [4.78, 5) is 12.3. The Bertz CT molecular complexity index is 536. The summed E-state index contributed by atoms with van der Waals surface area (Å²) in [6, 6.07) is 8.48. The fourth-order valence-electron chi connectivity index (χ4n) is 3.62. The molecule has 2 N–H and O–H groups in total. The van der Waals surface area contributed by atoms with Crippen molar-refractivity contribution in [2.45, 2.75) is 71.9 Å². The Kier molecular flexibility index (Phi) is 8.43. The van der Waals surface area contributed by atoms with Crippen LogP contribution < -0.4 is 15.4 Å². The Balaban J connectivity index is 1.68. The Hall–Kier alpha value is -1.55. The third kappa shape index (κ3) is 7.36. The first-order chi connectivity index (χ1) is 12.4. The highest BCUT2D eigenvalue weighted by Crippen LogP contribution is 2.22. The molecule has 2 rings (SSSR count). The molecule has 0 aromatic heterocycles. The molecule has 3 unspecified atom stereocenters. The van der Waals surface area contributed by atoms with E-state index in [9.17, 15) is 4.79 Å². The molecular formula is C22H36N2O2. The minimum Gasteiger partial charge on any atom is -0.491 e. The Morgan fingerprint density at radius 2 is 1.96 bits per heavy atom. The predicted molar refractivity (Wildman–Crippen MR) is 108 cm³/mol. The van der Waals surface area contributed by atoms with Crippen LogP contribution in [-0.4, -0.2) is 31.1 Å². The third-order valence-electron chi connectivity index (χ3n) is 5.22. The quantitative estimate of drug-likeness (QED) is 0.701. The van der Waals surface area contributed by atoms with Crippen molar-refractivity contribution < 1.29 is 9.53 Å². The lowest BCUT2D eigenvalue weighted by atomic mass is 9.85. The number of piperidine rings is 1. The van der Waals surface area contributed by atoms with E-state index >= 15 is 0 Å². The molecule has 146 valence electrons. The van der Waals surface area contributed by atoms with Gasteiger partial charge in [-0.25, -0.2) is 0 Å². The molecule has 1 aliphatic heterocycles. The van der Waals surface area contributed by atoms with Crippen LogP contribution in [0.3, 0.4) is 0 Å². The summed E-state index contributed by atoms with van der Waals surface area (Å²) in [5.41, 5.74) is 1.28. The summed E-state index contributed by atoms with van der Waals surface area (Å²) in [6.45, 7) is 10.6. The van der Waals surface area contributed by atoms with Crippen LogP contribution in [0.25, 0.3) is 0 Å². The molecule has 1 saturated heterocycles. The molecule has 4 nitrogen and oxygen atoms in total. The van der Waals surface area contributed by atoms with Crippen molar-refractivity contribution in [1.29, 1.82) is 0 Å². The van der Waals surface area contributed by atoms with E-state index in [2.05, 4.69) is 36.6 Å². The second-order valence-electron chi connectivity index (χ2n) is 8.11. The number of amides is 1. The van der Waals surface area contributed by atoms with Gasteiger partial charge in [0.1, 0.15) is 5.75 Å². The smallest absolute Gasteiger partial charge is 0.220 e. The Morgan fingerprint density at radius 1 is 1.23 bits per heavy atom. The van der Waals surface area contributed by atoms with Gasteiger partial charge in [-0.1, -0.05) is 19.1 Å². The van der Waals surface area contributed by atoms with Crippen LogP contribution in [0.15, 0.2) is 24.3 Å². The van der Waals surface area contributed by atoms with Gasteiger partial charge in [0.2, 0.25) is 5.91 Å². The SMILES string of the molecule is CC(CCc1ccc(OC(C)C)cc1)NC(=O)CC(C)C1CCCNC1. The van der Waals surface area contributed by atoms with E-state index in [1.165, 1.54) is 18.4 Å². The zero-order valence-electron chi connectivity index (χ0n) is 16.9. The highest BCUT2D eigenvalue weighted by molar-refractivity contribution is 5.76. The molecule has 26 heavy (non-hydrogen) atoms. The second-order valence-corrected chi connectivity index (χ2v) is 8.11. The first kappa shape index (κ1) is 20.8. The second kappa shape index (κ2) is 10.6. The average molecular weight is 361 g/mol. The van der Waals surface area contributed by atoms with Gasteiger partial charge >= 0.3 is 0 Å². The van der Waals surface area contributed by atoms with Crippen LogP contribution in [0.4, 0.5) is 0 Å². The van der Waals surface area contributed by atoms with Crippen molar-refractivity contribution >= 4 is 5.91 Å². The number of hydrogen-bond donors (Lipinski definition) is 2. The number of nitrogens with one attached hydrogen (secondary N) is 2. The van der Waals surface area contributed by atoms with Crippen LogP contribution in [-0.2, 0) is 11.2 Å². The maximum absolute atomic E-state index is 12.3. The molecule has 3 atom stereocenters. The van der Waals surface area contributed by atoms with Crippen molar-refractivity contribution in [3.05, 3.63) is 29.8 Å². The molecule has 1 fully saturated rings. The maximum Gasteiger partial charge on any atom is 0.220 e. The molecule has 1 aromatic rings. The molecule has 0 radical (unpaired) electrons. The lowest BCUT2D eigenvalue weighted by Gasteiger charge is -2.28. The summed E-state index contributed by atoms with van der Waals surface area (Å²) in [5.74, 6) is 2.19. The predicted octanol–water partition coefficient (Wildman–Crippen LogP) is 3.94. The average Bonchev–Trinajstić information content (AvgIpc) is 2.61. The number of carbonyl (C=O) groups is 1. The van der Waals surface area contributed by atoms with Gasteiger partial charge in [0.25, 0.3) is 0 Å². The highest BCUT2D eigenvalue weighted by Gasteiger charge is 2.22. The summed E-state index contributed by atoms with van der Waals surface area (Å²) in [5, 5.41) is 6.62. The van der Waals surface area contributed by atoms with Crippen LogP contribution in [0.5, 0.6) is 5.75 Å². The molecular weight excluding hydrogens is 324 g/mol. The van der Waals surface area contributed by atoms with Crippen LogP contribution in [0.2, 0.25) is 0 Å². The monoisotopic (exact) mass is 360 g/mol. The normalized spacial score (nSPS) is 19.8. The fourth-order valence-corrected chi connectivity index (χ4v) is 3.62. The number of rotatable bonds is 9. The summed E-state index contributed by atoms with van der Waals surface area (Å²) < 4.78 is 5.67. The van der Waals surface area contributed by atoms with E-state index in [4.69, 9.17) is 4.74 Å². The van der Waals surface area contributed by atoms with E-state index in [-0.39, 0.29) is 18.1 Å². The first-order valence-corrected chi connectivity index (χ1v) is 10.2. The zero-order chi connectivity index (χ0) is 18.9. The molecule has 0 saturated carbocycles. The van der Waals surface area contributed by atoms with Gasteiger partial charge in [-0.15, -0.1) is 0 Å². The molecule has 0 spiro atoms. The molecule has 1 aromatic carbocycles. The van der Waals surface area contributed by atoms with E-state index in [0.717, 1.165) is 31.7 Å². The Morgan fingerprint density at radius 3 is 2.58 bits per heavy atom. The van der Waals surface area contributed by atoms with Crippen LogP contribution in [0, 0.1) is 11.8 Å². The van der Waals surface area contributed by atoms with Crippen molar-refractivity contribution in [2.24, 2.45) is 11.8 Å². The summed E-state index contributed by atoms with van der Waals surface area (Å²) in [6.07, 6.45) is 5.23. The van der Waals surface area contributed by atoms with Gasteiger partial charge in [-0.3, -0.25) is 4.79 Å². The van der Waals surface area contributed by atoms with Crippen LogP contribution >= 0.6 is 0 Å². The standard InChI is InChI=1S/C22H36N2O2/c1-16(2)26-21-11-9-19(10-12-21)8-7-18(4)24-22(25)14-17(3)20-6-5-13-23-15-20/h9-12,16-18,20,23H,5-8,13-15H2,1-4H3,(H,24,25). The number of carbonyl (C=O) groups excluding carboxylic acids is 1. The molecule has 1 aliphatic rings. The molecule has 0 bridgehead atoms. The minimum absolute atomic E-state index is 0.191. The molecule has 4 heteroatoms. The van der Waals surface area contributed by atoms with Crippen molar-refractivity contribution in [3.63, 3.8) is 0 Å². The van der Waals surface area contributed by atoms with Gasteiger partial charge in [0.15, 0.2) is 0 Å². The van der Waals surface area contributed by atoms with Gasteiger partial charge in [-0.05, 0) is 89.1 Å². The topological polar surface area (TPSA) is 50.4 Å². The third-order valence-corrected chi connectivity index (χ3v) is 5.22. The van der Waals surface area contributed by atoms with Gasteiger partial charge in [0, 0.05) is 12.5 Å². The lowest BCUT2D eigenvalue weighted by molar-refractivity contribution is -0.123. The molecule has 1 heterocycles. The fraction of sp³-hybridized carbons (Fsp3) is 0.682. The Labute approximate surface area is 159 Å². The number of hydrogen-bond acceptors (Lipinski definition) is 3. The minimum atomic E-state index is 0.191. The highest BCUT2D eigenvalue weighted by atomic mass is 16.5. The number of benzene rings is 1. The number of ether oxygens (including phenoxy) is 1. The van der Waals surface area contributed by atoms with Crippen molar-refractivity contribution in [2.75, 3.05) is 13.1 Å². The van der Waals surface area contributed by atoms with Crippen molar-refractivity contribution in [1.82, 2.24) is 10.6 Å². The van der Waals surface area contributed by atoms with Gasteiger partial charge in [0.05, 0.1) is 6.10 Å². The van der Waals surface area contributed by atoms with E-state index < -0.39 is 0 Å². The largest absolute Gasteiger partial charge is 0.491 e. The summed E-state index contributed by atoms with van der Waals surface area (Å²) in [7, 11) is 0. The summed E-state index contributed by atoms with van der Waals surface area (Å²) >= 11 is 0.